The van der Waals surface area contributed by atoms with Gasteiger partial charge >= 0.3 is 5.97 Å². The maximum absolute atomic E-state index is 11.4. The number of aromatic carboxylic acids is 1. The summed E-state index contributed by atoms with van der Waals surface area (Å²) < 4.78 is 28.3. The third-order valence-electron chi connectivity index (χ3n) is 2.93. The summed E-state index contributed by atoms with van der Waals surface area (Å²) in [6.07, 6.45) is 3.23. The van der Waals surface area contributed by atoms with Crippen LogP contribution in [0.5, 0.6) is 5.75 Å². The van der Waals surface area contributed by atoms with E-state index in [0.29, 0.717) is 12.5 Å². The summed E-state index contributed by atoms with van der Waals surface area (Å²) in [6, 6.07) is 3.63. The molecule has 0 spiro atoms. The van der Waals surface area contributed by atoms with Crippen LogP contribution in [-0.4, -0.2) is 26.1 Å². The molecule has 5 nitrogen and oxygen atoms in total. The van der Waals surface area contributed by atoms with E-state index in [4.69, 9.17) is 20.5 Å². The number of halogens is 1. The summed E-state index contributed by atoms with van der Waals surface area (Å²) in [5.41, 5.74) is -0.145. The summed E-state index contributed by atoms with van der Waals surface area (Å²) in [6.45, 7) is 0.399. The number of carboxylic acids is 1. The Labute approximate surface area is 115 Å². The van der Waals surface area contributed by atoms with E-state index in [-0.39, 0.29) is 16.2 Å². The normalized spacial score (nSPS) is 15.2. The number of rotatable bonds is 6. The van der Waals surface area contributed by atoms with Crippen molar-refractivity contribution in [2.45, 2.75) is 24.2 Å². The van der Waals surface area contributed by atoms with Crippen LogP contribution in [0.2, 0.25) is 0 Å². The molecule has 0 radical (unpaired) electrons. The molecule has 0 amide bonds. The second-order valence-corrected chi connectivity index (χ2v) is 7.02. The van der Waals surface area contributed by atoms with Gasteiger partial charge in [-0.15, -0.1) is 0 Å². The zero-order valence-corrected chi connectivity index (χ0v) is 11.6. The molecule has 1 saturated carbocycles. The van der Waals surface area contributed by atoms with Gasteiger partial charge in [-0.1, -0.05) is 12.8 Å². The van der Waals surface area contributed by atoms with Crippen LogP contribution in [0.25, 0.3) is 0 Å². The number of carbonyl (C=O) groups is 1. The Morgan fingerprint density at radius 2 is 2.11 bits per heavy atom. The Morgan fingerprint density at radius 3 is 2.63 bits per heavy atom. The summed E-state index contributed by atoms with van der Waals surface area (Å²) >= 11 is 0. The van der Waals surface area contributed by atoms with Crippen molar-refractivity contribution < 1.29 is 23.1 Å². The predicted octanol–water partition coefficient (Wildman–Crippen LogP) is 2.49. The van der Waals surface area contributed by atoms with Gasteiger partial charge in [0.15, 0.2) is 0 Å². The van der Waals surface area contributed by atoms with Crippen LogP contribution >= 0.6 is 10.7 Å². The molecule has 0 atom stereocenters. The molecule has 1 aromatic rings. The molecule has 104 valence electrons. The van der Waals surface area contributed by atoms with E-state index in [1.807, 2.05) is 0 Å². The molecule has 1 aliphatic rings. The van der Waals surface area contributed by atoms with Gasteiger partial charge in [0.1, 0.15) is 10.6 Å². The minimum absolute atomic E-state index is 0.0978. The first-order valence-corrected chi connectivity index (χ1v) is 8.13. The van der Waals surface area contributed by atoms with Gasteiger partial charge < -0.3 is 9.84 Å². The van der Waals surface area contributed by atoms with E-state index in [9.17, 15) is 13.2 Å². The fraction of sp³-hybridized carbons (Fsp3) is 0.417. The molecule has 19 heavy (non-hydrogen) atoms. The van der Waals surface area contributed by atoms with E-state index >= 15 is 0 Å². The van der Waals surface area contributed by atoms with Crippen LogP contribution in [0, 0.1) is 5.92 Å². The number of benzene rings is 1. The lowest BCUT2D eigenvalue weighted by atomic mass is 10.2. The summed E-state index contributed by atoms with van der Waals surface area (Å²) in [4.78, 5) is 10.5. The number of carboxylic acid groups (broad SMARTS) is 1. The summed E-state index contributed by atoms with van der Waals surface area (Å²) in [5.74, 6) is -0.457. The van der Waals surface area contributed by atoms with E-state index < -0.39 is 15.0 Å². The zero-order chi connectivity index (χ0) is 14.0. The van der Waals surface area contributed by atoms with Gasteiger partial charge in [0.05, 0.1) is 12.2 Å². The molecule has 1 fully saturated rings. The van der Waals surface area contributed by atoms with Crippen molar-refractivity contribution in [1.29, 1.82) is 0 Å². The van der Waals surface area contributed by atoms with Crippen LogP contribution < -0.4 is 4.74 Å². The number of ether oxygens (including phenoxy) is 1. The van der Waals surface area contributed by atoms with Crippen LogP contribution in [0.15, 0.2) is 23.1 Å². The van der Waals surface area contributed by atoms with Crippen molar-refractivity contribution in [2.24, 2.45) is 5.92 Å². The molecule has 1 aliphatic carbocycles. The smallest absolute Gasteiger partial charge is 0.335 e. The molecular formula is C12H13ClO5S. The third-order valence-corrected chi connectivity index (χ3v) is 4.28. The van der Waals surface area contributed by atoms with Crippen molar-refractivity contribution in [1.82, 2.24) is 0 Å². The first kappa shape index (κ1) is 14.1. The minimum Gasteiger partial charge on any atom is -0.492 e. The zero-order valence-electron chi connectivity index (χ0n) is 10.0. The minimum atomic E-state index is -4.04. The first-order chi connectivity index (χ1) is 8.88. The van der Waals surface area contributed by atoms with Crippen LogP contribution in [0.4, 0.5) is 0 Å². The average molecular weight is 305 g/mol. The predicted molar refractivity (Wildman–Crippen MR) is 69.3 cm³/mol. The molecule has 1 aromatic carbocycles. The monoisotopic (exact) mass is 304 g/mol. The highest BCUT2D eigenvalue weighted by Crippen LogP contribution is 2.33. The Balaban J connectivity index is 2.22. The molecule has 0 saturated heterocycles. The maximum Gasteiger partial charge on any atom is 0.335 e. The Hall–Kier alpha value is -1.27. The molecule has 0 unspecified atom stereocenters. The van der Waals surface area contributed by atoms with Gasteiger partial charge in [-0.3, -0.25) is 0 Å². The average Bonchev–Trinajstić information content (AvgIpc) is 3.11. The van der Waals surface area contributed by atoms with Gasteiger partial charge in [0.2, 0.25) is 0 Å². The second-order valence-electron chi connectivity index (χ2n) is 4.49. The van der Waals surface area contributed by atoms with Crippen molar-refractivity contribution in [2.75, 3.05) is 6.61 Å². The molecule has 0 aromatic heterocycles. The SMILES string of the molecule is O=C(O)c1ccc(OCCC2CC2)c(S(=O)(=O)Cl)c1. The van der Waals surface area contributed by atoms with Crippen molar-refractivity contribution in [3.8, 4) is 5.75 Å². The van der Waals surface area contributed by atoms with E-state index in [0.717, 1.165) is 12.5 Å². The van der Waals surface area contributed by atoms with Crippen molar-refractivity contribution in [3.05, 3.63) is 23.8 Å². The van der Waals surface area contributed by atoms with Gasteiger partial charge in [0, 0.05) is 10.7 Å². The molecular weight excluding hydrogens is 292 g/mol. The fourth-order valence-electron chi connectivity index (χ4n) is 1.69. The topological polar surface area (TPSA) is 80.7 Å². The Morgan fingerprint density at radius 1 is 1.42 bits per heavy atom. The molecule has 0 heterocycles. The molecule has 0 aliphatic heterocycles. The van der Waals surface area contributed by atoms with E-state index in [1.165, 1.54) is 25.0 Å². The van der Waals surface area contributed by atoms with Gasteiger partial charge in [-0.05, 0) is 30.5 Å². The van der Waals surface area contributed by atoms with Gasteiger partial charge in [-0.25, -0.2) is 13.2 Å². The summed E-state index contributed by atoms with van der Waals surface area (Å²) in [7, 11) is 1.25. The number of hydrogen-bond acceptors (Lipinski definition) is 4. The van der Waals surface area contributed by atoms with E-state index in [2.05, 4.69) is 0 Å². The lowest BCUT2D eigenvalue weighted by Crippen LogP contribution is -2.05. The Bertz CT molecular complexity index is 592. The van der Waals surface area contributed by atoms with Crippen LogP contribution in [0.1, 0.15) is 29.6 Å². The lowest BCUT2D eigenvalue weighted by Gasteiger charge is -2.10. The Kier molecular flexibility index (Phi) is 4.01. The lowest BCUT2D eigenvalue weighted by molar-refractivity contribution is 0.0696. The standard InChI is InChI=1S/C12H13ClO5S/c13-19(16,17)11-7-9(12(14)15)3-4-10(11)18-6-5-8-1-2-8/h3-4,7-8H,1-2,5-6H2,(H,14,15). The molecule has 2 rings (SSSR count). The summed E-state index contributed by atoms with van der Waals surface area (Å²) in [5, 5.41) is 8.84. The largest absolute Gasteiger partial charge is 0.492 e. The highest BCUT2D eigenvalue weighted by molar-refractivity contribution is 8.13. The third kappa shape index (κ3) is 3.84. The first-order valence-electron chi connectivity index (χ1n) is 5.83. The van der Waals surface area contributed by atoms with Crippen molar-refractivity contribution >= 4 is 25.7 Å². The fourth-order valence-corrected chi connectivity index (χ4v) is 2.69. The molecule has 0 bridgehead atoms. The van der Waals surface area contributed by atoms with Crippen LogP contribution in [0.3, 0.4) is 0 Å². The second kappa shape index (κ2) is 5.38. The maximum atomic E-state index is 11.4. The molecule has 7 heteroatoms. The van der Waals surface area contributed by atoms with Crippen LogP contribution in [-0.2, 0) is 9.05 Å². The highest BCUT2D eigenvalue weighted by atomic mass is 35.7. The van der Waals surface area contributed by atoms with Gasteiger partial charge in [0.25, 0.3) is 9.05 Å². The highest BCUT2D eigenvalue weighted by Gasteiger charge is 2.23. The van der Waals surface area contributed by atoms with Crippen molar-refractivity contribution in [3.63, 3.8) is 0 Å². The number of hydrogen-bond donors (Lipinski definition) is 1. The van der Waals surface area contributed by atoms with E-state index in [1.54, 1.807) is 0 Å². The van der Waals surface area contributed by atoms with Gasteiger partial charge in [-0.2, -0.15) is 0 Å². The quantitative estimate of drug-likeness (QED) is 0.817. The molecule has 1 N–H and O–H groups in total.